The number of nitrogens with one attached hydrogen (secondary N) is 1. The number of amides is 2. The monoisotopic (exact) mass is 462 g/mol. The molecule has 2 unspecified atom stereocenters. The summed E-state index contributed by atoms with van der Waals surface area (Å²) < 4.78 is 0. The van der Waals surface area contributed by atoms with Gasteiger partial charge in [-0.05, 0) is 46.5 Å². The zero-order valence-corrected chi connectivity index (χ0v) is 19.0. The molecule has 7 heteroatoms. The summed E-state index contributed by atoms with van der Waals surface area (Å²) in [5, 5.41) is 13.6. The molecule has 0 aliphatic carbocycles. The first-order valence-electron chi connectivity index (χ1n) is 11.0. The van der Waals surface area contributed by atoms with Crippen molar-refractivity contribution < 1.29 is 19.5 Å². The number of aliphatic carboxylic acids is 1. The number of carboxylic acid groups (broad SMARTS) is 1. The second kappa shape index (κ2) is 10.4. The van der Waals surface area contributed by atoms with E-state index in [9.17, 15) is 19.5 Å². The highest BCUT2D eigenvalue weighted by atomic mass is 32.1. The van der Waals surface area contributed by atoms with Gasteiger partial charge in [0.05, 0.1) is 12.5 Å². The minimum Gasteiger partial charge on any atom is -0.480 e. The van der Waals surface area contributed by atoms with Gasteiger partial charge < -0.3 is 15.3 Å². The fraction of sp³-hybridized carbons (Fsp3) is 0.269. The molecule has 0 bridgehead atoms. The number of likely N-dealkylation sites (tertiary alicyclic amines) is 1. The number of carboxylic acids is 1. The molecule has 6 nitrogen and oxygen atoms in total. The standard InChI is InChI=1S/C26H26N2O4S/c29-17-27-23(26(31)32)15-22-14-21(16-33-22)24-7-4-12-28(24)25(30)13-18-8-10-20(11-9-18)19-5-2-1-3-6-19/h1-3,5-6,8-11,14,16-17,23-24H,4,7,12-13,15H2,(H,27,29)(H,31,32). The second-order valence-corrected chi connectivity index (χ2v) is 9.21. The Balaban J connectivity index is 1.41. The van der Waals surface area contributed by atoms with Gasteiger partial charge in [0, 0.05) is 17.8 Å². The Morgan fingerprint density at radius 2 is 1.85 bits per heavy atom. The Bertz CT molecular complexity index is 1110. The van der Waals surface area contributed by atoms with Crippen molar-refractivity contribution in [1.29, 1.82) is 0 Å². The highest BCUT2D eigenvalue weighted by Crippen LogP contribution is 2.35. The van der Waals surface area contributed by atoms with E-state index >= 15 is 0 Å². The third kappa shape index (κ3) is 5.49. The van der Waals surface area contributed by atoms with E-state index in [1.807, 2.05) is 46.7 Å². The van der Waals surface area contributed by atoms with Crippen molar-refractivity contribution in [3.63, 3.8) is 0 Å². The lowest BCUT2D eigenvalue weighted by molar-refractivity contribution is -0.140. The Hall–Kier alpha value is -3.45. The van der Waals surface area contributed by atoms with Gasteiger partial charge in [-0.2, -0.15) is 0 Å². The van der Waals surface area contributed by atoms with Crippen LogP contribution < -0.4 is 5.32 Å². The summed E-state index contributed by atoms with van der Waals surface area (Å²) in [5.41, 5.74) is 4.30. The van der Waals surface area contributed by atoms with Gasteiger partial charge >= 0.3 is 5.97 Å². The lowest BCUT2D eigenvalue weighted by atomic mass is 10.0. The second-order valence-electron chi connectivity index (χ2n) is 8.21. The fourth-order valence-corrected chi connectivity index (χ4v) is 5.29. The Labute approximate surface area is 196 Å². The van der Waals surface area contributed by atoms with Crippen LogP contribution in [0.2, 0.25) is 0 Å². The summed E-state index contributed by atoms with van der Waals surface area (Å²) in [6.45, 7) is 0.723. The first-order chi connectivity index (χ1) is 16.0. The molecule has 0 saturated carbocycles. The number of hydrogen-bond donors (Lipinski definition) is 2. The number of thiophene rings is 1. The number of carbonyl (C=O) groups excluding carboxylic acids is 2. The van der Waals surface area contributed by atoms with Crippen molar-refractivity contribution in [3.8, 4) is 11.1 Å². The maximum Gasteiger partial charge on any atom is 0.326 e. The minimum absolute atomic E-state index is 0.00778. The van der Waals surface area contributed by atoms with Gasteiger partial charge in [0.2, 0.25) is 12.3 Å². The molecule has 33 heavy (non-hydrogen) atoms. The van der Waals surface area contributed by atoms with Crippen molar-refractivity contribution in [3.05, 3.63) is 82.0 Å². The number of nitrogens with zero attached hydrogens (tertiary/aromatic N) is 1. The molecule has 2 amide bonds. The average Bonchev–Trinajstić information content (AvgIpc) is 3.49. The lowest BCUT2D eigenvalue weighted by Gasteiger charge is -2.24. The van der Waals surface area contributed by atoms with Crippen LogP contribution in [0.5, 0.6) is 0 Å². The molecule has 3 aromatic rings. The molecule has 2 N–H and O–H groups in total. The molecule has 0 spiro atoms. The zero-order chi connectivity index (χ0) is 23.2. The molecule has 2 atom stereocenters. The van der Waals surface area contributed by atoms with Crippen LogP contribution in [0.15, 0.2) is 66.0 Å². The molecular weight excluding hydrogens is 436 g/mol. The van der Waals surface area contributed by atoms with Gasteiger partial charge in [-0.1, -0.05) is 54.6 Å². The number of hydrogen-bond acceptors (Lipinski definition) is 4. The molecule has 4 rings (SSSR count). The maximum absolute atomic E-state index is 13.1. The van der Waals surface area contributed by atoms with E-state index in [-0.39, 0.29) is 18.4 Å². The molecule has 1 saturated heterocycles. The highest BCUT2D eigenvalue weighted by molar-refractivity contribution is 7.10. The van der Waals surface area contributed by atoms with Gasteiger partial charge in [0.25, 0.3) is 0 Å². The molecule has 1 aliphatic heterocycles. The SMILES string of the molecule is O=CNC(Cc1cc(C2CCCN2C(=O)Cc2ccc(-c3ccccc3)cc2)cs1)C(=O)O. The minimum atomic E-state index is -1.06. The van der Waals surface area contributed by atoms with Crippen molar-refractivity contribution >= 4 is 29.6 Å². The van der Waals surface area contributed by atoms with Gasteiger partial charge in [-0.25, -0.2) is 4.79 Å². The van der Waals surface area contributed by atoms with Crippen LogP contribution >= 0.6 is 11.3 Å². The Morgan fingerprint density at radius 3 is 2.55 bits per heavy atom. The zero-order valence-electron chi connectivity index (χ0n) is 18.1. The molecular formula is C26H26N2O4S. The van der Waals surface area contributed by atoms with E-state index in [4.69, 9.17) is 0 Å². The largest absolute Gasteiger partial charge is 0.480 e. The summed E-state index contributed by atoms with van der Waals surface area (Å²) in [4.78, 5) is 37.9. The molecule has 2 heterocycles. The summed E-state index contributed by atoms with van der Waals surface area (Å²) in [5.74, 6) is -0.961. The van der Waals surface area contributed by atoms with Crippen molar-refractivity contribution in [2.45, 2.75) is 37.8 Å². The summed E-state index contributed by atoms with van der Waals surface area (Å²) in [6, 6.07) is 19.3. The van der Waals surface area contributed by atoms with E-state index < -0.39 is 12.0 Å². The first kappa shape index (κ1) is 22.7. The molecule has 1 aromatic heterocycles. The smallest absolute Gasteiger partial charge is 0.326 e. The summed E-state index contributed by atoms with van der Waals surface area (Å²) in [6.07, 6.45) is 2.83. The third-order valence-corrected chi connectivity index (χ3v) is 7.00. The van der Waals surface area contributed by atoms with Crippen LogP contribution in [0.1, 0.15) is 34.9 Å². The van der Waals surface area contributed by atoms with E-state index in [0.29, 0.717) is 12.8 Å². The van der Waals surface area contributed by atoms with E-state index in [1.54, 1.807) is 0 Å². The van der Waals surface area contributed by atoms with Gasteiger partial charge in [-0.3, -0.25) is 9.59 Å². The molecule has 1 fully saturated rings. The van der Waals surface area contributed by atoms with Crippen LogP contribution in [0.4, 0.5) is 0 Å². The van der Waals surface area contributed by atoms with Crippen LogP contribution in [0.3, 0.4) is 0 Å². The number of carbonyl (C=O) groups is 3. The van der Waals surface area contributed by atoms with Crippen molar-refractivity contribution in [1.82, 2.24) is 10.2 Å². The molecule has 0 radical (unpaired) electrons. The predicted molar refractivity (Wildman–Crippen MR) is 128 cm³/mol. The normalized spacial score (nSPS) is 16.4. The highest BCUT2D eigenvalue weighted by Gasteiger charge is 2.31. The number of benzene rings is 2. The van der Waals surface area contributed by atoms with E-state index in [2.05, 4.69) is 29.6 Å². The van der Waals surface area contributed by atoms with Crippen LogP contribution in [-0.2, 0) is 27.2 Å². The van der Waals surface area contributed by atoms with Crippen molar-refractivity contribution in [2.24, 2.45) is 0 Å². The Morgan fingerprint density at radius 1 is 1.12 bits per heavy atom. The number of rotatable bonds is 9. The van der Waals surface area contributed by atoms with E-state index in [1.165, 1.54) is 11.3 Å². The van der Waals surface area contributed by atoms with E-state index in [0.717, 1.165) is 46.5 Å². The quantitative estimate of drug-likeness (QED) is 0.470. The van der Waals surface area contributed by atoms with Crippen LogP contribution in [0, 0.1) is 0 Å². The Kier molecular flexibility index (Phi) is 7.19. The molecule has 170 valence electrons. The summed E-state index contributed by atoms with van der Waals surface area (Å²) >= 11 is 1.47. The first-order valence-corrected chi connectivity index (χ1v) is 11.9. The van der Waals surface area contributed by atoms with Gasteiger partial charge in [-0.15, -0.1) is 11.3 Å². The maximum atomic E-state index is 13.1. The predicted octanol–water partition coefficient (Wildman–Crippen LogP) is 4.06. The topological polar surface area (TPSA) is 86.7 Å². The van der Waals surface area contributed by atoms with Gasteiger partial charge in [0.1, 0.15) is 6.04 Å². The van der Waals surface area contributed by atoms with Gasteiger partial charge in [0.15, 0.2) is 0 Å². The molecule has 2 aromatic carbocycles. The summed E-state index contributed by atoms with van der Waals surface area (Å²) in [7, 11) is 0. The van der Waals surface area contributed by atoms with Crippen LogP contribution in [-0.4, -0.2) is 40.9 Å². The lowest BCUT2D eigenvalue weighted by Crippen LogP contribution is -2.37. The fourth-order valence-electron chi connectivity index (χ4n) is 4.31. The molecule has 1 aliphatic rings. The average molecular weight is 463 g/mol. The van der Waals surface area contributed by atoms with Crippen LogP contribution in [0.25, 0.3) is 11.1 Å². The third-order valence-electron chi connectivity index (χ3n) is 6.02. The van der Waals surface area contributed by atoms with Crippen molar-refractivity contribution in [2.75, 3.05) is 6.54 Å².